The molecule has 0 unspecified atom stereocenters. The topological polar surface area (TPSA) is 62.1 Å². The Morgan fingerprint density at radius 2 is 1.74 bits per heavy atom. The lowest BCUT2D eigenvalue weighted by Gasteiger charge is -2.13. The van der Waals surface area contributed by atoms with Gasteiger partial charge in [-0.25, -0.2) is 0 Å². The molecule has 0 spiro atoms. The first-order valence-corrected chi connectivity index (χ1v) is 10.2. The summed E-state index contributed by atoms with van der Waals surface area (Å²) in [6.45, 7) is 6.75. The Kier molecular flexibility index (Phi) is 7.12. The third-order valence-corrected chi connectivity index (χ3v) is 5.10. The van der Waals surface area contributed by atoms with Crippen LogP contribution in [-0.2, 0) is 11.4 Å². The van der Waals surface area contributed by atoms with E-state index in [1.165, 1.54) is 28.3 Å². The zero-order chi connectivity index (χ0) is 22.4. The fourth-order valence-corrected chi connectivity index (χ4v) is 3.52. The number of nitriles is 1. The molecule has 0 fully saturated rings. The van der Waals surface area contributed by atoms with Gasteiger partial charge in [-0.15, -0.1) is 0 Å². The first kappa shape index (κ1) is 22.1. The molecule has 1 N–H and O–H groups in total. The van der Waals surface area contributed by atoms with Gasteiger partial charge >= 0.3 is 0 Å². The van der Waals surface area contributed by atoms with Gasteiger partial charge in [-0.1, -0.05) is 47.5 Å². The average Bonchev–Trinajstić information content (AvgIpc) is 2.72. The van der Waals surface area contributed by atoms with Gasteiger partial charge in [0.2, 0.25) is 0 Å². The summed E-state index contributed by atoms with van der Waals surface area (Å²) >= 11 is 5.93. The second-order valence-corrected chi connectivity index (χ2v) is 7.81. The molecule has 0 aliphatic rings. The van der Waals surface area contributed by atoms with Crippen LogP contribution in [0.25, 0.3) is 6.08 Å². The maximum Gasteiger partial charge on any atom is 0.266 e. The van der Waals surface area contributed by atoms with Crippen LogP contribution in [0.15, 0.2) is 66.2 Å². The number of aryl methyl sites for hydroxylation is 3. The number of nitrogens with zero attached hydrogens (tertiary/aromatic N) is 1. The average molecular weight is 431 g/mol. The zero-order valence-electron chi connectivity index (χ0n) is 17.7. The van der Waals surface area contributed by atoms with Crippen LogP contribution in [0.3, 0.4) is 0 Å². The Bertz CT molecular complexity index is 1150. The molecule has 0 aliphatic heterocycles. The molecule has 31 heavy (non-hydrogen) atoms. The molecule has 0 saturated carbocycles. The number of benzene rings is 3. The SMILES string of the molecule is Cc1cc(C)c(COc2ccc(/C=C(\C#N)C(=O)Nc3cccc(Cl)c3)cc2)c(C)c1. The maximum absolute atomic E-state index is 12.4. The highest BCUT2D eigenvalue weighted by Crippen LogP contribution is 2.21. The van der Waals surface area contributed by atoms with Gasteiger partial charge in [-0.3, -0.25) is 4.79 Å². The predicted molar refractivity (Wildman–Crippen MR) is 125 cm³/mol. The molecule has 0 saturated heterocycles. The first-order valence-electron chi connectivity index (χ1n) is 9.84. The molecule has 5 heteroatoms. The fraction of sp³-hybridized carbons (Fsp3) is 0.154. The van der Waals surface area contributed by atoms with Crippen LogP contribution in [0.4, 0.5) is 5.69 Å². The monoisotopic (exact) mass is 430 g/mol. The molecular formula is C26H23ClN2O2. The molecule has 0 aromatic heterocycles. The molecule has 4 nitrogen and oxygen atoms in total. The summed E-state index contributed by atoms with van der Waals surface area (Å²) in [6, 6.07) is 20.3. The normalized spacial score (nSPS) is 11.0. The first-order chi connectivity index (χ1) is 14.9. The number of hydrogen-bond acceptors (Lipinski definition) is 3. The summed E-state index contributed by atoms with van der Waals surface area (Å²) in [5.41, 5.74) is 6.10. The Morgan fingerprint density at radius 1 is 1.06 bits per heavy atom. The molecule has 3 aromatic rings. The van der Waals surface area contributed by atoms with Crippen molar-refractivity contribution in [2.45, 2.75) is 27.4 Å². The molecule has 0 atom stereocenters. The van der Waals surface area contributed by atoms with E-state index in [4.69, 9.17) is 16.3 Å². The van der Waals surface area contributed by atoms with Crippen molar-refractivity contribution in [3.8, 4) is 11.8 Å². The molecule has 0 heterocycles. The molecule has 0 radical (unpaired) electrons. The van der Waals surface area contributed by atoms with E-state index in [1.54, 1.807) is 24.3 Å². The zero-order valence-corrected chi connectivity index (χ0v) is 18.5. The van der Waals surface area contributed by atoms with Gasteiger partial charge in [0, 0.05) is 10.7 Å². The lowest BCUT2D eigenvalue weighted by molar-refractivity contribution is -0.112. The predicted octanol–water partition coefficient (Wildman–Crippen LogP) is 6.39. The summed E-state index contributed by atoms with van der Waals surface area (Å²) in [5.74, 6) is 0.230. The number of carbonyl (C=O) groups is 1. The van der Waals surface area contributed by atoms with Crippen molar-refractivity contribution in [1.82, 2.24) is 0 Å². The summed E-state index contributed by atoms with van der Waals surface area (Å²) in [5, 5.41) is 12.6. The van der Waals surface area contributed by atoms with Gasteiger partial charge in [0.05, 0.1) is 0 Å². The van der Waals surface area contributed by atoms with Crippen molar-refractivity contribution >= 4 is 29.3 Å². The van der Waals surface area contributed by atoms with Gasteiger partial charge < -0.3 is 10.1 Å². The van der Waals surface area contributed by atoms with Gasteiger partial charge in [0.25, 0.3) is 5.91 Å². The van der Waals surface area contributed by atoms with E-state index in [-0.39, 0.29) is 5.57 Å². The third-order valence-electron chi connectivity index (χ3n) is 4.86. The minimum absolute atomic E-state index is 0.000418. The minimum Gasteiger partial charge on any atom is -0.489 e. The number of rotatable bonds is 6. The largest absolute Gasteiger partial charge is 0.489 e. The summed E-state index contributed by atoms with van der Waals surface area (Å²) in [4.78, 5) is 12.4. The molecule has 156 valence electrons. The highest BCUT2D eigenvalue weighted by molar-refractivity contribution is 6.31. The Balaban J connectivity index is 1.68. The van der Waals surface area contributed by atoms with Crippen LogP contribution in [-0.4, -0.2) is 5.91 Å². The van der Waals surface area contributed by atoms with Crippen molar-refractivity contribution in [2.24, 2.45) is 0 Å². The Morgan fingerprint density at radius 3 is 2.35 bits per heavy atom. The number of carbonyl (C=O) groups excluding carboxylic acids is 1. The van der Waals surface area contributed by atoms with Crippen molar-refractivity contribution in [1.29, 1.82) is 5.26 Å². The second kappa shape index (κ2) is 9.97. The molecule has 0 bridgehead atoms. The highest BCUT2D eigenvalue weighted by atomic mass is 35.5. The number of amides is 1. The van der Waals surface area contributed by atoms with Gasteiger partial charge in [-0.05, 0) is 79.4 Å². The minimum atomic E-state index is -0.490. The van der Waals surface area contributed by atoms with E-state index >= 15 is 0 Å². The van der Waals surface area contributed by atoms with Crippen molar-refractivity contribution in [2.75, 3.05) is 5.32 Å². The van der Waals surface area contributed by atoms with E-state index in [9.17, 15) is 10.1 Å². The third kappa shape index (κ3) is 5.97. The van der Waals surface area contributed by atoms with Gasteiger partial charge in [0.15, 0.2) is 0 Å². The van der Waals surface area contributed by atoms with Crippen molar-refractivity contribution in [3.63, 3.8) is 0 Å². The molecule has 3 rings (SSSR count). The van der Waals surface area contributed by atoms with Crippen LogP contribution in [0.1, 0.15) is 27.8 Å². The quantitative estimate of drug-likeness (QED) is 0.364. The van der Waals surface area contributed by atoms with E-state index in [1.807, 2.05) is 30.3 Å². The van der Waals surface area contributed by atoms with Crippen LogP contribution >= 0.6 is 11.6 Å². The van der Waals surface area contributed by atoms with E-state index in [0.29, 0.717) is 17.3 Å². The second-order valence-electron chi connectivity index (χ2n) is 7.37. The van der Waals surface area contributed by atoms with Crippen molar-refractivity contribution in [3.05, 3.63) is 99.1 Å². The van der Waals surface area contributed by atoms with E-state index in [2.05, 4.69) is 38.2 Å². The summed E-state index contributed by atoms with van der Waals surface area (Å²) < 4.78 is 5.94. The molecule has 1 amide bonds. The molecule has 0 aliphatic carbocycles. The van der Waals surface area contributed by atoms with Gasteiger partial charge in [0.1, 0.15) is 24.0 Å². The lowest BCUT2D eigenvalue weighted by atomic mass is 10.0. The smallest absolute Gasteiger partial charge is 0.266 e. The van der Waals surface area contributed by atoms with Crippen LogP contribution < -0.4 is 10.1 Å². The Hall–Kier alpha value is -3.55. The lowest BCUT2D eigenvalue weighted by Crippen LogP contribution is -2.13. The number of hydrogen-bond donors (Lipinski definition) is 1. The van der Waals surface area contributed by atoms with Crippen LogP contribution in [0.2, 0.25) is 5.02 Å². The van der Waals surface area contributed by atoms with Crippen LogP contribution in [0, 0.1) is 32.1 Å². The number of ether oxygens (including phenoxy) is 1. The summed E-state index contributed by atoms with van der Waals surface area (Å²) in [6.07, 6.45) is 1.54. The molecular weight excluding hydrogens is 408 g/mol. The fourth-order valence-electron chi connectivity index (χ4n) is 3.33. The summed E-state index contributed by atoms with van der Waals surface area (Å²) in [7, 11) is 0. The van der Waals surface area contributed by atoms with Crippen molar-refractivity contribution < 1.29 is 9.53 Å². The maximum atomic E-state index is 12.4. The Labute approximate surface area is 187 Å². The van der Waals surface area contributed by atoms with Crippen LogP contribution in [0.5, 0.6) is 5.75 Å². The number of halogens is 1. The highest BCUT2D eigenvalue weighted by Gasteiger charge is 2.10. The number of nitrogens with one attached hydrogen (secondary N) is 1. The standard InChI is InChI=1S/C26H23ClN2O2/c1-17-11-18(2)25(19(3)12-17)16-31-24-9-7-20(8-10-24)13-21(15-28)26(30)29-23-6-4-5-22(27)14-23/h4-14H,16H2,1-3H3,(H,29,30)/b21-13+. The van der Waals surface area contributed by atoms with E-state index < -0.39 is 5.91 Å². The number of anilines is 1. The molecule has 3 aromatic carbocycles. The van der Waals surface area contributed by atoms with E-state index in [0.717, 1.165) is 11.3 Å². The van der Waals surface area contributed by atoms with Gasteiger partial charge in [-0.2, -0.15) is 5.26 Å².